The second-order valence-electron chi connectivity index (χ2n) is 6.88. The van der Waals surface area contributed by atoms with Gasteiger partial charge in [-0.15, -0.1) is 0 Å². The van der Waals surface area contributed by atoms with Crippen LogP contribution in [-0.2, 0) is 6.54 Å². The van der Waals surface area contributed by atoms with Crippen LogP contribution in [0.15, 0.2) is 72.4 Å². The molecule has 2 N–H and O–H groups in total. The van der Waals surface area contributed by atoms with Crippen molar-refractivity contribution in [2.45, 2.75) is 26.8 Å². The Kier molecular flexibility index (Phi) is 8.26. The van der Waals surface area contributed by atoms with Crippen LogP contribution in [0.2, 0.25) is 0 Å². The monoisotopic (exact) mass is 405 g/mol. The largest absolute Gasteiger partial charge is 0.372 e. The van der Waals surface area contributed by atoms with Crippen molar-refractivity contribution in [3.63, 3.8) is 0 Å². The highest BCUT2D eigenvalue weighted by Crippen LogP contribution is 2.12. The van der Waals surface area contributed by atoms with Crippen molar-refractivity contribution in [2.75, 3.05) is 31.1 Å². The zero-order valence-electron chi connectivity index (χ0n) is 17.8. The summed E-state index contributed by atoms with van der Waals surface area (Å²) in [4.78, 5) is 15.6. The summed E-state index contributed by atoms with van der Waals surface area (Å²) in [6.07, 6.45) is 8.22. The van der Waals surface area contributed by atoms with Gasteiger partial charge in [0, 0.05) is 50.5 Å². The SMILES string of the molecule is CCNC(=NCc1ccnc(-n2ccnc2)c1)NCCCN(CC)c1ccccc1. The maximum Gasteiger partial charge on any atom is 0.191 e. The minimum absolute atomic E-state index is 0.588. The maximum absolute atomic E-state index is 4.73. The minimum Gasteiger partial charge on any atom is -0.372 e. The highest BCUT2D eigenvalue weighted by Gasteiger charge is 2.04. The average molecular weight is 406 g/mol. The fourth-order valence-corrected chi connectivity index (χ4v) is 3.19. The summed E-state index contributed by atoms with van der Waals surface area (Å²) in [7, 11) is 0. The number of benzene rings is 1. The molecule has 2 aromatic heterocycles. The van der Waals surface area contributed by atoms with Crippen LogP contribution in [0.5, 0.6) is 0 Å². The summed E-state index contributed by atoms with van der Waals surface area (Å²) in [5.74, 6) is 1.68. The molecule has 0 atom stereocenters. The normalized spacial score (nSPS) is 11.3. The van der Waals surface area contributed by atoms with Gasteiger partial charge in [0.15, 0.2) is 5.96 Å². The van der Waals surface area contributed by atoms with Crippen LogP contribution in [-0.4, -0.2) is 46.7 Å². The van der Waals surface area contributed by atoms with E-state index in [2.05, 4.69) is 69.7 Å². The highest BCUT2D eigenvalue weighted by molar-refractivity contribution is 5.79. The summed E-state index contributed by atoms with van der Waals surface area (Å²) in [6.45, 7) is 8.56. The zero-order chi connectivity index (χ0) is 21.0. The summed E-state index contributed by atoms with van der Waals surface area (Å²) >= 11 is 0. The summed E-state index contributed by atoms with van der Waals surface area (Å²) < 4.78 is 1.89. The van der Waals surface area contributed by atoms with Gasteiger partial charge in [0.25, 0.3) is 0 Å². The first-order chi connectivity index (χ1) is 14.8. The predicted molar refractivity (Wildman–Crippen MR) is 123 cm³/mol. The Morgan fingerprint density at radius 1 is 1.10 bits per heavy atom. The molecule has 7 heteroatoms. The number of hydrogen-bond acceptors (Lipinski definition) is 4. The molecule has 2 heterocycles. The molecule has 0 radical (unpaired) electrons. The quantitative estimate of drug-likeness (QED) is 0.308. The maximum atomic E-state index is 4.73. The summed E-state index contributed by atoms with van der Waals surface area (Å²) in [5.41, 5.74) is 2.37. The van der Waals surface area contributed by atoms with Crippen LogP contribution >= 0.6 is 0 Å². The molecule has 0 saturated heterocycles. The molecule has 7 nitrogen and oxygen atoms in total. The molecule has 3 rings (SSSR count). The van der Waals surface area contributed by atoms with Gasteiger partial charge in [0.2, 0.25) is 0 Å². The topological polar surface area (TPSA) is 70.4 Å². The number of imidazole rings is 1. The second kappa shape index (κ2) is 11.6. The van der Waals surface area contributed by atoms with E-state index >= 15 is 0 Å². The number of aliphatic imine (C=N–C) groups is 1. The number of rotatable bonds is 10. The number of anilines is 1. The molecule has 0 spiro atoms. The van der Waals surface area contributed by atoms with Gasteiger partial charge >= 0.3 is 0 Å². The van der Waals surface area contributed by atoms with Gasteiger partial charge in [0.1, 0.15) is 12.1 Å². The number of aromatic nitrogens is 3. The third-order valence-electron chi connectivity index (χ3n) is 4.74. The van der Waals surface area contributed by atoms with E-state index in [0.29, 0.717) is 6.54 Å². The van der Waals surface area contributed by atoms with Gasteiger partial charge < -0.3 is 15.5 Å². The smallest absolute Gasteiger partial charge is 0.191 e. The van der Waals surface area contributed by atoms with E-state index in [4.69, 9.17) is 4.99 Å². The van der Waals surface area contributed by atoms with Crippen molar-refractivity contribution in [2.24, 2.45) is 4.99 Å². The van der Waals surface area contributed by atoms with E-state index in [1.807, 2.05) is 29.1 Å². The van der Waals surface area contributed by atoms with Gasteiger partial charge in [-0.3, -0.25) is 4.57 Å². The van der Waals surface area contributed by atoms with Crippen LogP contribution in [0, 0.1) is 0 Å². The molecule has 0 unspecified atom stereocenters. The lowest BCUT2D eigenvalue weighted by atomic mass is 10.2. The van der Waals surface area contributed by atoms with Crippen molar-refractivity contribution in [1.29, 1.82) is 0 Å². The predicted octanol–water partition coefficient (Wildman–Crippen LogP) is 3.24. The van der Waals surface area contributed by atoms with Gasteiger partial charge in [-0.05, 0) is 50.1 Å². The first kappa shape index (κ1) is 21.4. The molecule has 0 aliphatic heterocycles. The molecule has 0 amide bonds. The Bertz CT molecular complexity index is 891. The number of hydrogen-bond donors (Lipinski definition) is 2. The van der Waals surface area contributed by atoms with E-state index in [0.717, 1.165) is 49.9 Å². The van der Waals surface area contributed by atoms with Crippen molar-refractivity contribution in [3.05, 3.63) is 72.9 Å². The highest BCUT2D eigenvalue weighted by atomic mass is 15.2. The third kappa shape index (κ3) is 6.34. The van der Waals surface area contributed by atoms with E-state index < -0.39 is 0 Å². The fourth-order valence-electron chi connectivity index (χ4n) is 3.19. The number of para-hydroxylation sites is 1. The van der Waals surface area contributed by atoms with Gasteiger partial charge in [-0.25, -0.2) is 15.0 Å². The fraction of sp³-hybridized carbons (Fsp3) is 0.348. The molecule has 158 valence electrons. The van der Waals surface area contributed by atoms with Crippen molar-refractivity contribution < 1.29 is 0 Å². The standard InChI is InChI=1S/C23H31N7/c1-3-25-23(27-12-8-15-29(4-2)21-9-6-5-7-10-21)28-18-20-11-13-26-22(17-20)30-16-14-24-19-30/h5-7,9-11,13-14,16-17,19H,3-4,8,12,15,18H2,1-2H3,(H2,25,27,28). The van der Waals surface area contributed by atoms with Crippen LogP contribution in [0.4, 0.5) is 5.69 Å². The van der Waals surface area contributed by atoms with Crippen molar-refractivity contribution in [1.82, 2.24) is 25.2 Å². The third-order valence-corrected chi connectivity index (χ3v) is 4.74. The number of nitrogens with one attached hydrogen (secondary N) is 2. The van der Waals surface area contributed by atoms with Crippen LogP contribution in [0.25, 0.3) is 5.82 Å². The zero-order valence-corrected chi connectivity index (χ0v) is 17.8. The number of nitrogens with zero attached hydrogens (tertiary/aromatic N) is 5. The molecule has 30 heavy (non-hydrogen) atoms. The molecular weight excluding hydrogens is 374 g/mol. The lowest BCUT2D eigenvalue weighted by Crippen LogP contribution is -2.38. The molecule has 0 fully saturated rings. The van der Waals surface area contributed by atoms with Gasteiger partial charge in [-0.2, -0.15) is 0 Å². The second-order valence-corrected chi connectivity index (χ2v) is 6.88. The Hall–Kier alpha value is -3.35. The molecule has 0 aliphatic carbocycles. The molecule has 0 aliphatic rings. The number of guanidine groups is 1. The molecular formula is C23H31N7. The minimum atomic E-state index is 0.588. The Labute approximate surface area is 178 Å². The Balaban J connectivity index is 1.52. The van der Waals surface area contributed by atoms with E-state index in [1.165, 1.54) is 5.69 Å². The van der Waals surface area contributed by atoms with Crippen molar-refractivity contribution >= 4 is 11.6 Å². The van der Waals surface area contributed by atoms with Crippen LogP contribution in [0.1, 0.15) is 25.8 Å². The first-order valence-corrected chi connectivity index (χ1v) is 10.6. The first-order valence-electron chi connectivity index (χ1n) is 10.6. The van der Waals surface area contributed by atoms with Crippen molar-refractivity contribution in [3.8, 4) is 5.82 Å². The van der Waals surface area contributed by atoms with Gasteiger partial charge in [-0.1, -0.05) is 18.2 Å². The van der Waals surface area contributed by atoms with Gasteiger partial charge in [0.05, 0.1) is 6.54 Å². The number of pyridine rings is 1. The molecule has 1 aromatic carbocycles. The summed E-state index contributed by atoms with van der Waals surface area (Å²) in [6, 6.07) is 14.6. The van der Waals surface area contributed by atoms with E-state index in [-0.39, 0.29) is 0 Å². The Morgan fingerprint density at radius 3 is 2.70 bits per heavy atom. The Morgan fingerprint density at radius 2 is 1.97 bits per heavy atom. The lowest BCUT2D eigenvalue weighted by Gasteiger charge is -2.23. The molecule has 0 saturated carbocycles. The molecule has 3 aromatic rings. The summed E-state index contributed by atoms with van der Waals surface area (Å²) in [5, 5.41) is 6.77. The van der Waals surface area contributed by atoms with E-state index in [1.54, 1.807) is 12.5 Å². The van der Waals surface area contributed by atoms with Crippen LogP contribution < -0.4 is 15.5 Å². The van der Waals surface area contributed by atoms with E-state index in [9.17, 15) is 0 Å². The molecule has 0 bridgehead atoms. The lowest BCUT2D eigenvalue weighted by molar-refractivity contribution is 0.709. The average Bonchev–Trinajstić information content (AvgIpc) is 3.33. The van der Waals surface area contributed by atoms with Crippen LogP contribution in [0.3, 0.4) is 0 Å².